The van der Waals surface area contributed by atoms with Crippen molar-refractivity contribution in [3.05, 3.63) is 29.8 Å². The summed E-state index contributed by atoms with van der Waals surface area (Å²) in [5.41, 5.74) is 0.782. The van der Waals surface area contributed by atoms with E-state index in [4.69, 9.17) is 4.74 Å². The van der Waals surface area contributed by atoms with E-state index in [-0.39, 0.29) is 17.0 Å². The minimum absolute atomic E-state index is 0.254. The summed E-state index contributed by atoms with van der Waals surface area (Å²) < 4.78 is 40.6. The van der Waals surface area contributed by atoms with Gasteiger partial charge in [0.05, 0.1) is 17.7 Å². The molecule has 4 nitrogen and oxygen atoms in total. The van der Waals surface area contributed by atoms with E-state index in [1.807, 2.05) is 0 Å². The third-order valence-electron chi connectivity index (χ3n) is 2.78. The predicted molar refractivity (Wildman–Crippen MR) is 61.1 cm³/mol. The zero-order chi connectivity index (χ0) is 12.5. The predicted octanol–water partition coefficient (Wildman–Crippen LogP) is 1.05. The molecule has 1 aromatic rings. The van der Waals surface area contributed by atoms with Crippen molar-refractivity contribution in [3.8, 4) is 0 Å². The average molecular weight is 259 g/mol. The van der Waals surface area contributed by atoms with Gasteiger partial charge in [0.25, 0.3) is 0 Å². The Kier molecular flexibility index (Phi) is 3.46. The number of ether oxygens (including phenoxy) is 1. The number of benzene rings is 1. The molecule has 0 saturated carbocycles. The lowest BCUT2D eigenvalue weighted by molar-refractivity contribution is 0.0988. The van der Waals surface area contributed by atoms with Gasteiger partial charge in [0.2, 0.25) is 0 Å². The van der Waals surface area contributed by atoms with Gasteiger partial charge in [0, 0.05) is 6.26 Å². The van der Waals surface area contributed by atoms with Gasteiger partial charge in [0.1, 0.15) is 12.8 Å². The fourth-order valence-corrected chi connectivity index (χ4v) is 2.47. The first-order chi connectivity index (χ1) is 8.02. The molecule has 1 fully saturated rings. The van der Waals surface area contributed by atoms with Gasteiger partial charge in [0.15, 0.2) is 9.84 Å². The van der Waals surface area contributed by atoms with Crippen molar-refractivity contribution in [1.82, 2.24) is 5.32 Å². The molecule has 2 atom stereocenters. The number of nitrogens with one attached hydrogen (secondary N) is 1. The Morgan fingerprint density at radius 2 is 2.06 bits per heavy atom. The molecule has 1 N–H and O–H groups in total. The Morgan fingerprint density at radius 1 is 1.41 bits per heavy atom. The van der Waals surface area contributed by atoms with Crippen molar-refractivity contribution >= 4 is 9.84 Å². The quantitative estimate of drug-likeness (QED) is 0.881. The van der Waals surface area contributed by atoms with Crippen LogP contribution in [0.15, 0.2) is 29.2 Å². The summed E-state index contributed by atoms with van der Waals surface area (Å²) in [4.78, 5) is 0.254. The van der Waals surface area contributed by atoms with Gasteiger partial charge in [-0.15, -0.1) is 0 Å². The van der Waals surface area contributed by atoms with E-state index >= 15 is 0 Å². The van der Waals surface area contributed by atoms with Crippen LogP contribution in [0, 0.1) is 0 Å². The van der Waals surface area contributed by atoms with Crippen molar-refractivity contribution < 1.29 is 17.5 Å². The van der Waals surface area contributed by atoms with E-state index in [9.17, 15) is 12.8 Å². The van der Waals surface area contributed by atoms with Gasteiger partial charge in [-0.2, -0.15) is 0 Å². The molecule has 2 rings (SSSR count). The van der Waals surface area contributed by atoms with Gasteiger partial charge < -0.3 is 4.74 Å². The summed E-state index contributed by atoms with van der Waals surface area (Å²) >= 11 is 0. The molecule has 1 saturated heterocycles. The van der Waals surface area contributed by atoms with Gasteiger partial charge in [-0.05, 0) is 17.7 Å². The van der Waals surface area contributed by atoms with Crippen LogP contribution in [0.2, 0.25) is 0 Å². The highest BCUT2D eigenvalue weighted by Gasteiger charge is 2.29. The Hall–Kier alpha value is -0.980. The minimum atomic E-state index is -3.19. The van der Waals surface area contributed by atoms with Crippen LogP contribution in [0.5, 0.6) is 0 Å². The monoisotopic (exact) mass is 259 g/mol. The topological polar surface area (TPSA) is 55.4 Å². The lowest BCUT2D eigenvalue weighted by Gasteiger charge is -2.15. The van der Waals surface area contributed by atoms with E-state index in [1.165, 1.54) is 12.1 Å². The number of sulfone groups is 1. The second kappa shape index (κ2) is 4.72. The highest BCUT2D eigenvalue weighted by Crippen LogP contribution is 2.26. The molecule has 0 aromatic heterocycles. The Morgan fingerprint density at radius 3 is 2.59 bits per heavy atom. The summed E-state index contributed by atoms with van der Waals surface area (Å²) in [6, 6.07) is 6.00. The Balaban J connectivity index is 2.24. The maximum atomic E-state index is 12.7. The molecule has 94 valence electrons. The molecule has 0 unspecified atom stereocenters. The lowest BCUT2D eigenvalue weighted by Crippen LogP contribution is -2.27. The van der Waals surface area contributed by atoms with Gasteiger partial charge in [-0.3, -0.25) is 5.32 Å². The van der Waals surface area contributed by atoms with Crippen molar-refractivity contribution in [2.24, 2.45) is 0 Å². The molecule has 1 aliphatic rings. The zero-order valence-corrected chi connectivity index (χ0v) is 10.2. The van der Waals surface area contributed by atoms with Gasteiger partial charge in [-0.1, -0.05) is 12.1 Å². The summed E-state index contributed by atoms with van der Waals surface area (Å²) in [6.45, 7) is -0.203. The van der Waals surface area contributed by atoms with E-state index in [0.717, 1.165) is 11.8 Å². The number of hydrogen-bond donors (Lipinski definition) is 1. The molecule has 0 amide bonds. The van der Waals surface area contributed by atoms with Crippen molar-refractivity contribution in [3.63, 3.8) is 0 Å². The first kappa shape index (κ1) is 12.5. The number of hydrogen-bond acceptors (Lipinski definition) is 4. The third-order valence-corrected chi connectivity index (χ3v) is 3.91. The van der Waals surface area contributed by atoms with E-state index in [2.05, 4.69) is 5.32 Å². The zero-order valence-electron chi connectivity index (χ0n) is 9.39. The molecule has 0 radical (unpaired) electrons. The maximum Gasteiger partial charge on any atom is 0.175 e. The summed E-state index contributed by atoms with van der Waals surface area (Å²) in [6.07, 6.45) is 0.800. The lowest BCUT2D eigenvalue weighted by atomic mass is 10.0. The first-order valence-electron chi connectivity index (χ1n) is 5.23. The van der Waals surface area contributed by atoms with Crippen LogP contribution >= 0.6 is 0 Å². The Bertz CT molecular complexity index is 486. The number of halogens is 1. The van der Waals surface area contributed by atoms with Crippen LogP contribution in [-0.2, 0) is 14.6 Å². The maximum absolute atomic E-state index is 12.7. The van der Waals surface area contributed by atoms with Crippen molar-refractivity contribution in [1.29, 1.82) is 0 Å². The summed E-state index contributed by atoms with van der Waals surface area (Å²) in [7, 11) is -3.19. The van der Waals surface area contributed by atoms with Crippen molar-refractivity contribution in [2.75, 3.05) is 19.7 Å². The molecule has 1 heterocycles. The molecule has 6 heteroatoms. The van der Waals surface area contributed by atoms with Gasteiger partial charge >= 0.3 is 0 Å². The molecule has 0 bridgehead atoms. The van der Waals surface area contributed by atoms with E-state index in [0.29, 0.717) is 6.73 Å². The number of alkyl halides is 1. The second-order valence-corrected chi connectivity index (χ2v) is 6.05. The van der Waals surface area contributed by atoms with Crippen LogP contribution in [0.4, 0.5) is 4.39 Å². The first-order valence-corrected chi connectivity index (χ1v) is 7.12. The normalized spacial score (nSPS) is 25.1. The Labute approximate surface area is 99.7 Å². The van der Waals surface area contributed by atoms with Crippen LogP contribution in [0.25, 0.3) is 0 Å². The highest BCUT2D eigenvalue weighted by molar-refractivity contribution is 7.90. The van der Waals surface area contributed by atoms with Gasteiger partial charge in [-0.25, -0.2) is 12.8 Å². The summed E-state index contributed by atoms with van der Waals surface area (Å²) in [5.74, 6) is 0. The highest BCUT2D eigenvalue weighted by atomic mass is 32.2. The molecule has 1 aromatic carbocycles. The largest absolute Gasteiger partial charge is 0.357 e. The molecular formula is C11H14FNO3S. The van der Waals surface area contributed by atoms with Crippen LogP contribution in [-0.4, -0.2) is 34.1 Å². The SMILES string of the molecule is CS(=O)(=O)c1ccc([C@H]2OCN[C@@H]2CF)cc1. The standard InChI is InChI=1S/C11H14FNO3S/c1-17(14,15)9-4-2-8(3-5-9)11-10(6-12)13-7-16-11/h2-5,10-11,13H,6-7H2,1H3/t10-,11-/m1/s1. The fraction of sp³-hybridized carbons (Fsp3) is 0.455. The van der Waals surface area contributed by atoms with Crippen LogP contribution < -0.4 is 5.32 Å². The smallest absolute Gasteiger partial charge is 0.175 e. The summed E-state index contributed by atoms with van der Waals surface area (Å²) in [5, 5.41) is 2.88. The van der Waals surface area contributed by atoms with E-state index in [1.54, 1.807) is 12.1 Å². The third kappa shape index (κ3) is 2.65. The molecular weight excluding hydrogens is 245 g/mol. The van der Waals surface area contributed by atoms with Crippen LogP contribution in [0.1, 0.15) is 11.7 Å². The van der Waals surface area contributed by atoms with Crippen molar-refractivity contribution in [2.45, 2.75) is 17.0 Å². The molecule has 17 heavy (non-hydrogen) atoms. The second-order valence-electron chi connectivity index (χ2n) is 4.04. The molecule has 1 aliphatic heterocycles. The number of rotatable bonds is 3. The van der Waals surface area contributed by atoms with Crippen LogP contribution in [0.3, 0.4) is 0 Å². The fourth-order valence-electron chi connectivity index (χ4n) is 1.84. The molecule has 0 spiro atoms. The molecule has 0 aliphatic carbocycles. The average Bonchev–Trinajstić information content (AvgIpc) is 2.76. The minimum Gasteiger partial charge on any atom is -0.357 e. The van der Waals surface area contributed by atoms with E-state index < -0.39 is 16.5 Å².